The summed E-state index contributed by atoms with van der Waals surface area (Å²) in [4.78, 5) is 12.8. The van der Waals surface area contributed by atoms with Gasteiger partial charge in [-0.05, 0) is 31.2 Å². The highest BCUT2D eigenvalue weighted by molar-refractivity contribution is 5.69. The molecule has 0 fully saturated rings. The maximum absolute atomic E-state index is 10.8. The molecule has 0 bridgehead atoms. The molecule has 4 nitrogen and oxygen atoms in total. The van der Waals surface area contributed by atoms with Crippen molar-refractivity contribution in [3.05, 3.63) is 29.3 Å². The van der Waals surface area contributed by atoms with E-state index in [4.69, 9.17) is 9.84 Å². The number of benzene rings is 1. The first kappa shape index (κ1) is 14.5. The van der Waals surface area contributed by atoms with Gasteiger partial charge in [0, 0.05) is 13.1 Å². The Hall–Kier alpha value is -1.55. The molecule has 0 aliphatic carbocycles. The van der Waals surface area contributed by atoms with Gasteiger partial charge in [0.05, 0.1) is 13.0 Å². The maximum atomic E-state index is 10.8. The molecule has 1 unspecified atom stereocenters. The average molecular weight is 251 g/mol. The van der Waals surface area contributed by atoms with Crippen LogP contribution in [0.15, 0.2) is 18.2 Å². The molecule has 0 spiro atoms. The minimum Gasteiger partial charge on any atom is -0.496 e. The predicted octanol–water partition coefficient (Wildman–Crippen LogP) is 2.16. The summed E-state index contributed by atoms with van der Waals surface area (Å²) >= 11 is 0. The summed E-state index contributed by atoms with van der Waals surface area (Å²) in [6.07, 6.45) is 0. The molecule has 0 saturated heterocycles. The van der Waals surface area contributed by atoms with E-state index in [9.17, 15) is 4.79 Å². The van der Waals surface area contributed by atoms with Gasteiger partial charge in [-0.25, -0.2) is 0 Å². The highest BCUT2D eigenvalue weighted by Crippen LogP contribution is 2.19. The molecular weight excluding hydrogens is 230 g/mol. The topological polar surface area (TPSA) is 49.8 Å². The zero-order valence-electron chi connectivity index (χ0n) is 11.4. The van der Waals surface area contributed by atoms with Crippen molar-refractivity contribution in [1.82, 2.24) is 4.90 Å². The van der Waals surface area contributed by atoms with Gasteiger partial charge in [0.2, 0.25) is 0 Å². The van der Waals surface area contributed by atoms with Gasteiger partial charge >= 0.3 is 5.97 Å². The van der Waals surface area contributed by atoms with Crippen molar-refractivity contribution >= 4 is 5.97 Å². The number of carboxylic acid groups (broad SMARTS) is 1. The van der Waals surface area contributed by atoms with Crippen LogP contribution in [-0.4, -0.2) is 36.7 Å². The molecule has 0 radical (unpaired) electrons. The number of ether oxygens (including phenoxy) is 1. The number of methoxy groups -OCH3 is 1. The van der Waals surface area contributed by atoms with Crippen molar-refractivity contribution in [2.45, 2.75) is 20.4 Å². The number of carbonyl (C=O) groups is 1. The third-order valence-corrected chi connectivity index (χ3v) is 2.92. The fourth-order valence-electron chi connectivity index (χ4n) is 1.96. The summed E-state index contributed by atoms with van der Waals surface area (Å²) in [5.41, 5.74) is 2.25. The molecular formula is C14H21NO3. The lowest BCUT2D eigenvalue weighted by Gasteiger charge is -2.19. The second kappa shape index (κ2) is 6.40. The summed E-state index contributed by atoms with van der Waals surface area (Å²) in [5, 5.41) is 8.87. The quantitative estimate of drug-likeness (QED) is 0.841. The molecule has 4 heteroatoms. The van der Waals surface area contributed by atoms with Crippen LogP contribution in [0.2, 0.25) is 0 Å². The number of aliphatic carboxylic acids is 1. The van der Waals surface area contributed by atoms with Crippen molar-refractivity contribution in [3.8, 4) is 5.75 Å². The maximum Gasteiger partial charge on any atom is 0.307 e. The van der Waals surface area contributed by atoms with Gasteiger partial charge < -0.3 is 14.7 Å². The first-order valence-electron chi connectivity index (χ1n) is 5.99. The van der Waals surface area contributed by atoms with Crippen LogP contribution in [0.1, 0.15) is 18.1 Å². The Balaban J connectivity index is 2.62. The molecule has 0 aromatic heterocycles. The van der Waals surface area contributed by atoms with Crippen molar-refractivity contribution in [2.75, 3.05) is 20.7 Å². The Kier molecular flexibility index (Phi) is 5.16. The number of rotatable bonds is 6. The molecule has 1 N–H and O–H groups in total. The lowest BCUT2D eigenvalue weighted by molar-refractivity contribution is -0.141. The van der Waals surface area contributed by atoms with Crippen LogP contribution in [0.25, 0.3) is 0 Å². The Morgan fingerprint density at radius 1 is 1.50 bits per heavy atom. The Morgan fingerprint density at radius 2 is 2.17 bits per heavy atom. The molecule has 0 amide bonds. The van der Waals surface area contributed by atoms with E-state index in [0.29, 0.717) is 6.54 Å². The molecule has 1 aromatic rings. The van der Waals surface area contributed by atoms with Crippen LogP contribution in [0, 0.1) is 12.8 Å². The van der Waals surface area contributed by atoms with Gasteiger partial charge in [0.15, 0.2) is 0 Å². The van der Waals surface area contributed by atoms with Crippen molar-refractivity contribution in [3.63, 3.8) is 0 Å². The van der Waals surface area contributed by atoms with E-state index < -0.39 is 5.97 Å². The van der Waals surface area contributed by atoms with E-state index in [1.54, 1.807) is 14.0 Å². The van der Waals surface area contributed by atoms with Crippen LogP contribution in [0.3, 0.4) is 0 Å². The second-order valence-electron chi connectivity index (χ2n) is 4.74. The monoisotopic (exact) mass is 251 g/mol. The zero-order chi connectivity index (χ0) is 13.7. The van der Waals surface area contributed by atoms with E-state index in [1.165, 1.54) is 0 Å². The number of hydrogen-bond donors (Lipinski definition) is 1. The molecule has 100 valence electrons. The fraction of sp³-hybridized carbons (Fsp3) is 0.500. The van der Waals surface area contributed by atoms with Crippen LogP contribution in [0.5, 0.6) is 5.75 Å². The molecule has 18 heavy (non-hydrogen) atoms. The Bertz CT molecular complexity index is 418. The van der Waals surface area contributed by atoms with E-state index in [1.807, 2.05) is 31.0 Å². The summed E-state index contributed by atoms with van der Waals surface area (Å²) in [5.74, 6) is -0.234. The van der Waals surface area contributed by atoms with Gasteiger partial charge in [-0.15, -0.1) is 0 Å². The minimum atomic E-state index is -0.757. The standard InChI is InChI=1S/C14H21NO3/c1-10-7-12(5-6-13(10)18-4)9-15(3)8-11(2)14(16)17/h5-7,11H,8-9H2,1-4H3,(H,16,17). The van der Waals surface area contributed by atoms with Gasteiger partial charge in [-0.1, -0.05) is 19.1 Å². The normalized spacial score (nSPS) is 12.5. The van der Waals surface area contributed by atoms with Gasteiger partial charge in [0.25, 0.3) is 0 Å². The van der Waals surface area contributed by atoms with Crippen molar-refractivity contribution in [2.24, 2.45) is 5.92 Å². The third-order valence-electron chi connectivity index (χ3n) is 2.92. The fourth-order valence-corrected chi connectivity index (χ4v) is 1.96. The summed E-state index contributed by atoms with van der Waals surface area (Å²) in [6, 6.07) is 6.02. The summed E-state index contributed by atoms with van der Waals surface area (Å²) in [7, 11) is 3.58. The average Bonchev–Trinajstić information content (AvgIpc) is 2.28. The van der Waals surface area contributed by atoms with E-state index in [0.717, 1.165) is 23.4 Å². The molecule has 1 aromatic carbocycles. The minimum absolute atomic E-state index is 0.352. The lowest BCUT2D eigenvalue weighted by atomic mass is 10.1. The molecule has 0 aliphatic heterocycles. The van der Waals surface area contributed by atoms with Crippen molar-refractivity contribution < 1.29 is 14.6 Å². The molecule has 0 aliphatic rings. The van der Waals surface area contributed by atoms with Crippen LogP contribution in [-0.2, 0) is 11.3 Å². The SMILES string of the molecule is COc1ccc(CN(C)CC(C)C(=O)O)cc1C. The Labute approximate surface area is 108 Å². The first-order valence-corrected chi connectivity index (χ1v) is 5.99. The Morgan fingerprint density at radius 3 is 2.67 bits per heavy atom. The molecule has 0 heterocycles. The van der Waals surface area contributed by atoms with Crippen molar-refractivity contribution in [1.29, 1.82) is 0 Å². The largest absolute Gasteiger partial charge is 0.496 e. The number of carboxylic acids is 1. The molecule has 0 saturated carbocycles. The van der Waals surface area contributed by atoms with E-state index >= 15 is 0 Å². The third kappa shape index (κ3) is 4.04. The van der Waals surface area contributed by atoms with Crippen LogP contribution >= 0.6 is 0 Å². The van der Waals surface area contributed by atoms with Crippen LogP contribution in [0.4, 0.5) is 0 Å². The number of aryl methyl sites for hydroxylation is 1. The summed E-state index contributed by atoms with van der Waals surface area (Å²) < 4.78 is 5.21. The highest BCUT2D eigenvalue weighted by Gasteiger charge is 2.13. The number of nitrogens with zero attached hydrogens (tertiary/aromatic N) is 1. The highest BCUT2D eigenvalue weighted by atomic mass is 16.5. The summed E-state index contributed by atoms with van der Waals surface area (Å²) in [6.45, 7) is 5.00. The zero-order valence-corrected chi connectivity index (χ0v) is 11.4. The number of hydrogen-bond acceptors (Lipinski definition) is 3. The van der Waals surface area contributed by atoms with Gasteiger partial charge in [-0.3, -0.25) is 4.79 Å². The smallest absolute Gasteiger partial charge is 0.307 e. The van der Waals surface area contributed by atoms with Gasteiger partial charge in [-0.2, -0.15) is 0 Å². The lowest BCUT2D eigenvalue weighted by Crippen LogP contribution is -2.28. The van der Waals surface area contributed by atoms with E-state index in [-0.39, 0.29) is 5.92 Å². The van der Waals surface area contributed by atoms with E-state index in [2.05, 4.69) is 6.07 Å². The van der Waals surface area contributed by atoms with Gasteiger partial charge in [0.1, 0.15) is 5.75 Å². The first-order chi connectivity index (χ1) is 8.43. The predicted molar refractivity (Wildman–Crippen MR) is 70.9 cm³/mol. The molecule has 1 rings (SSSR count). The molecule has 1 atom stereocenters. The second-order valence-corrected chi connectivity index (χ2v) is 4.74. The van der Waals surface area contributed by atoms with Crippen LogP contribution < -0.4 is 4.74 Å².